The number of hydrogen-bond donors (Lipinski definition) is 1. The Hall–Kier alpha value is -2.09. The Morgan fingerprint density at radius 1 is 1.50 bits per heavy atom. The molecular formula is C10H10N4O3S. The van der Waals surface area contributed by atoms with Gasteiger partial charge in [-0.2, -0.15) is 0 Å². The minimum atomic E-state index is -0.500. The molecule has 0 spiro atoms. The normalized spacial score (nSPS) is 10.5. The Labute approximate surface area is 107 Å². The van der Waals surface area contributed by atoms with E-state index in [9.17, 15) is 10.1 Å². The average Bonchev–Trinajstić information content (AvgIpc) is 2.74. The second-order valence-corrected chi connectivity index (χ2v) is 4.45. The van der Waals surface area contributed by atoms with Gasteiger partial charge in [-0.25, -0.2) is 0 Å². The van der Waals surface area contributed by atoms with Gasteiger partial charge in [0, 0.05) is 18.7 Å². The first kappa shape index (κ1) is 12.4. The van der Waals surface area contributed by atoms with Crippen LogP contribution in [-0.4, -0.2) is 15.1 Å². The Morgan fingerprint density at radius 3 is 2.89 bits per heavy atom. The van der Waals surface area contributed by atoms with Crippen molar-refractivity contribution in [2.24, 2.45) is 0 Å². The third-order valence-electron chi connectivity index (χ3n) is 2.16. The van der Waals surface area contributed by atoms with Gasteiger partial charge in [-0.3, -0.25) is 10.1 Å². The third-order valence-corrected chi connectivity index (χ3v) is 3.05. The lowest BCUT2D eigenvalue weighted by atomic mass is 10.2. The zero-order valence-corrected chi connectivity index (χ0v) is 10.3. The zero-order valence-electron chi connectivity index (χ0n) is 9.49. The van der Waals surface area contributed by atoms with Gasteiger partial charge in [-0.15, -0.1) is 10.2 Å². The summed E-state index contributed by atoms with van der Waals surface area (Å²) < 4.78 is 5.19. The third kappa shape index (κ3) is 2.77. The maximum Gasteiger partial charge on any atom is 0.292 e. The number of nitrogen functional groups attached to an aromatic ring is 1. The van der Waals surface area contributed by atoms with Crippen LogP contribution in [0.3, 0.4) is 0 Å². The molecule has 18 heavy (non-hydrogen) atoms. The number of thioether (sulfide) groups is 1. The number of benzene rings is 1. The summed E-state index contributed by atoms with van der Waals surface area (Å²) in [7, 11) is 0. The van der Waals surface area contributed by atoms with E-state index in [-0.39, 0.29) is 11.4 Å². The highest BCUT2D eigenvalue weighted by atomic mass is 32.2. The van der Waals surface area contributed by atoms with Gasteiger partial charge >= 0.3 is 0 Å². The minimum Gasteiger partial charge on any atom is -0.416 e. The van der Waals surface area contributed by atoms with E-state index in [1.165, 1.54) is 23.9 Å². The minimum absolute atomic E-state index is 0.0881. The summed E-state index contributed by atoms with van der Waals surface area (Å²) in [5, 5.41) is 18.7. The van der Waals surface area contributed by atoms with Gasteiger partial charge in [-0.1, -0.05) is 17.8 Å². The lowest BCUT2D eigenvalue weighted by Gasteiger charge is -2.01. The molecule has 0 aliphatic carbocycles. The molecule has 0 amide bonds. The van der Waals surface area contributed by atoms with E-state index in [1.54, 1.807) is 13.0 Å². The Bertz CT molecular complexity index is 584. The van der Waals surface area contributed by atoms with Gasteiger partial charge in [0.05, 0.1) is 4.92 Å². The van der Waals surface area contributed by atoms with E-state index < -0.39 is 4.92 Å². The Kier molecular flexibility index (Phi) is 3.47. The first-order chi connectivity index (χ1) is 8.56. The summed E-state index contributed by atoms with van der Waals surface area (Å²) in [6.07, 6.45) is 0. The lowest BCUT2D eigenvalue weighted by Crippen LogP contribution is -1.96. The summed E-state index contributed by atoms with van der Waals surface area (Å²) in [5.74, 6) is 0.990. The van der Waals surface area contributed by atoms with Crippen LogP contribution in [0, 0.1) is 17.0 Å². The van der Waals surface area contributed by atoms with E-state index in [4.69, 9.17) is 10.2 Å². The van der Waals surface area contributed by atoms with E-state index in [0.29, 0.717) is 16.9 Å². The standard InChI is InChI=1S/C10H10N4O3S/c1-6-12-13-10(17-6)18-5-7-2-3-8(11)9(4-7)14(15)16/h2-4H,5,11H2,1H3. The molecule has 2 rings (SSSR count). The number of nitro benzene ring substituents is 1. The van der Waals surface area contributed by atoms with E-state index in [1.807, 2.05) is 0 Å². The fourth-order valence-electron chi connectivity index (χ4n) is 1.32. The van der Waals surface area contributed by atoms with Crippen LogP contribution in [0.4, 0.5) is 11.4 Å². The summed E-state index contributed by atoms with van der Waals surface area (Å²) in [6.45, 7) is 1.70. The van der Waals surface area contributed by atoms with Crippen molar-refractivity contribution < 1.29 is 9.34 Å². The summed E-state index contributed by atoms with van der Waals surface area (Å²) >= 11 is 1.32. The average molecular weight is 266 g/mol. The molecule has 0 saturated carbocycles. The van der Waals surface area contributed by atoms with Gasteiger partial charge in [0.2, 0.25) is 5.89 Å². The van der Waals surface area contributed by atoms with E-state index >= 15 is 0 Å². The van der Waals surface area contributed by atoms with Crippen LogP contribution in [0.1, 0.15) is 11.5 Å². The molecule has 0 bridgehead atoms. The highest BCUT2D eigenvalue weighted by Crippen LogP contribution is 2.27. The second-order valence-electron chi connectivity index (χ2n) is 3.53. The van der Waals surface area contributed by atoms with Crippen LogP contribution in [0.15, 0.2) is 27.8 Å². The SMILES string of the molecule is Cc1nnc(SCc2ccc(N)c([N+](=O)[O-])c2)o1. The number of anilines is 1. The second kappa shape index (κ2) is 5.05. The summed E-state index contributed by atoms with van der Waals surface area (Å²) in [5.41, 5.74) is 6.35. The molecule has 0 radical (unpaired) electrons. The molecule has 0 aliphatic rings. The van der Waals surface area contributed by atoms with Crippen LogP contribution >= 0.6 is 11.8 Å². The number of hydrogen-bond acceptors (Lipinski definition) is 7. The lowest BCUT2D eigenvalue weighted by molar-refractivity contribution is -0.383. The molecule has 2 N–H and O–H groups in total. The first-order valence-corrected chi connectivity index (χ1v) is 6.00. The van der Waals surface area contributed by atoms with Crippen molar-refractivity contribution in [1.29, 1.82) is 0 Å². The molecule has 0 aliphatic heterocycles. The summed E-state index contributed by atoms with van der Waals surface area (Å²) in [6, 6.07) is 4.71. The molecule has 0 saturated heterocycles. The number of rotatable bonds is 4. The highest BCUT2D eigenvalue weighted by molar-refractivity contribution is 7.98. The molecule has 0 fully saturated rings. The number of nitrogens with two attached hydrogens (primary N) is 1. The van der Waals surface area contributed by atoms with Crippen molar-refractivity contribution in [1.82, 2.24) is 10.2 Å². The zero-order chi connectivity index (χ0) is 13.1. The molecule has 1 aromatic carbocycles. The largest absolute Gasteiger partial charge is 0.416 e. The molecule has 1 aromatic heterocycles. The van der Waals surface area contributed by atoms with Crippen molar-refractivity contribution in [3.63, 3.8) is 0 Å². The number of nitrogens with zero attached hydrogens (tertiary/aromatic N) is 3. The van der Waals surface area contributed by atoms with Crippen molar-refractivity contribution in [2.75, 3.05) is 5.73 Å². The molecule has 8 heteroatoms. The highest BCUT2D eigenvalue weighted by Gasteiger charge is 2.12. The summed E-state index contributed by atoms with van der Waals surface area (Å²) in [4.78, 5) is 10.2. The Morgan fingerprint density at radius 2 is 2.28 bits per heavy atom. The molecule has 7 nitrogen and oxygen atoms in total. The fourth-order valence-corrected chi connectivity index (χ4v) is 2.07. The molecule has 0 unspecified atom stereocenters. The van der Waals surface area contributed by atoms with Crippen molar-refractivity contribution >= 4 is 23.1 Å². The molecule has 0 atom stereocenters. The predicted octanol–water partition coefficient (Wildman–Crippen LogP) is 2.16. The van der Waals surface area contributed by atoms with Gasteiger partial charge in [0.25, 0.3) is 10.9 Å². The van der Waals surface area contributed by atoms with Crippen molar-refractivity contribution in [3.05, 3.63) is 39.8 Å². The number of aromatic nitrogens is 2. The van der Waals surface area contributed by atoms with Gasteiger partial charge in [0.15, 0.2) is 0 Å². The number of aryl methyl sites for hydroxylation is 1. The van der Waals surface area contributed by atoms with Crippen LogP contribution in [0.5, 0.6) is 0 Å². The number of nitro groups is 1. The molecule has 1 heterocycles. The van der Waals surface area contributed by atoms with Gasteiger partial charge < -0.3 is 10.2 Å². The monoisotopic (exact) mass is 266 g/mol. The van der Waals surface area contributed by atoms with Gasteiger partial charge in [0.1, 0.15) is 5.69 Å². The quantitative estimate of drug-likeness (QED) is 0.391. The topological polar surface area (TPSA) is 108 Å². The van der Waals surface area contributed by atoms with Crippen LogP contribution in [-0.2, 0) is 5.75 Å². The van der Waals surface area contributed by atoms with Crippen LogP contribution < -0.4 is 5.73 Å². The molecule has 2 aromatic rings. The maximum atomic E-state index is 10.7. The first-order valence-electron chi connectivity index (χ1n) is 5.02. The van der Waals surface area contributed by atoms with Crippen LogP contribution in [0.25, 0.3) is 0 Å². The van der Waals surface area contributed by atoms with Crippen molar-refractivity contribution in [2.45, 2.75) is 17.9 Å². The smallest absolute Gasteiger partial charge is 0.292 e. The van der Waals surface area contributed by atoms with Crippen LogP contribution in [0.2, 0.25) is 0 Å². The van der Waals surface area contributed by atoms with Gasteiger partial charge in [-0.05, 0) is 11.6 Å². The fraction of sp³-hybridized carbons (Fsp3) is 0.200. The predicted molar refractivity (Wildman–Crippen MR) is 66.1 cm³/mol. The van der Waals surface area contributed by atoms with Crippen molar-refractivity contribution in [3.8, 4) is 0 Å². The Balaban J connectivity index is 2.10. The van der Waals surface area contributed by atoms with E-state index in [0.717, 1.165) is 5.56 Å². The molecular weight excluding hydrogens is 256 g/mol. The molecule has 94 valence electrons. The maximum absolute atomic E-state index is 10.7. The van der Waals surface area contributed by atoms with E-state index in [2.05, 4.69) is 10.2 Å².